The SMILES string of the molecule is CC(C)(C)C(=O)N1CCN(C(=O)c2cc(Oc3n[nH]c(=O)c4ccccc34)ccc2F)CC1. The maximum Gasteiger partial charge on any atom is 0.272 e. The predicted molar refractivity (Wildman–Crippen MR) is 121 cm³/mol. The van der Waals surface area contributed by atoms with E-state index in [-0.39, 0.29) is 28.7 Å². The molecule has 1 aromatic heterocycles. The van der Waals surface area contributed by atoms with Crippen LogP contribution in [0.3, 0.4) is 0 Å². The number of carbonyl (C=O) groups excluding carboxylic acids is 2. The molecule has 0 bridgehead atoms. The van der Waals surface area contributed by atoms with Crippen LogP contribution in [-0.2, 0) is 4.79 Å². The molecule has 0 atom stereocenters. The van der Waals surface area contributed by atoms with Crippen molar-refractivity contribution in [2.24, 2.45) is 5.41 Å². The Labute approximate surface area is 190 Å². The summed E-state index contributed by atoms with van der Waals surface area (Å²) in [4.78, 5) is 40.7. The lowest BCUT2D eigenvalue weighted by molar-refractivity contribution is -0.140. The third-order valence-electron chi connectivity index (χ3n) is 5.54. The Morgan fingerprint density at radius 1 is 1.00 bits per heavy atom. The molecule has 1 fully saturated rings. The summed E-state index contributed by atoms with van der Waals surface area (Å²) in [6.45, 7) is 6.99. The number of benzene rings is 2. The predicted octanol–water partition coefficient (Wildman–Crippen LogP) is 3.19. The first-order valence-electron chi connectivity index (χ1n) is 10.7. The highest BCUT2D eigenvalue weighted by Gasteiger charge is 2.31. The van der Waals surface area contributed by atoms with E-state index in [0.717, 1.165) is 6.07 Å². The van der Waals surface area contributed by atoms with Gasteiger partial charge in [-0.1, -0.05) is 32.9 Å². The quantitative estimate of drug-likeness (QED) is 0.659. The van der Waals surface area contributed by atoms with E-state index in [1.807, 2.05) is 20.8 Å². The number of nitrogens with one attached hydrogen (secondary N) is 1. The minimum Gasteiger partial charge on any atom is -0.437 e. The second-order valence-electron chi connectivity index (χ2n) is 8.98. The number of fused-ring (bicyclic) bond motifs is 1. The number of aromatic amines is 1. The van der Waals surface area contributed by atoms with Gasteiger partial charge in [0.1, 0.15) is 11.6 Å². The molecule has 1 aliphatic rings. The Kier molecular flexibility index (Phi) is 5.88. The minimum atomic E-state index is -0.667. The van der Waals surface area contributed by atoms with Crippen molar-refractivity contribution in [1.29, 1.82) is 0 Å². The number of aromatic nitrogens is 2. The first-order valence-corrected chi connectivity index (χ1v) is 10.7. The average Bonchev–Trinajstić information content (AvgIpc) is 2.81. The number of piperazine rings is 1. The second-order valence-corrected chi connectivity index (χ2v) is 8.98. The number of ether oxygens (including phenoxy) is 1. The third-order valence-corrected chi connectivity index (χ3v) is 5.54. The fourth-order valence-electron chi connectivity index (χ4n) is 3.77. The van der Waals surface area contributed by atoms with Crippen LogP contribution in [-0.4, -0.2) is 58.0 Å². The highest BCUT2D eigenvalue weighted by atomic mass is 19.1. The number of halogens is 1. The van der Waals surface area contributed by atoms with Crippen LogP contribution in [0.2, 0.25) is 0 Å². The Morgan fingerprint density at radius 3 is 2.30 bits per heavy atom. The van der Waals surface area contributed by atoms with Gasteiger partial charge >= 0.3 is 0 Å². The summed E-state index contributed by atoms with van der Waals surface area (Å²) in [5.74, 6) is -0.757. The van der Waals surface area contributed by atoms with Gasteiger partial charge in [-0.2, -0.15) is 0 Å². The van der Waals surface area contributed by atoms with Crippen molar-refractivity contribution in [3.8, 4) is 11.6 Å². The number of hydrogen-bond donors (Lipinski definition) is 1. The van der Waals surface area contributed by atoms with E-state index in [2.05, 4.69) is 10.2 Å². The molecular weight excluding hydrogens is 427 g/mol. The maximum atomic E-state index is 14.6. The first-order chi connectivity index (χ1) is 15.6. The highest BCUT2D eigenvalue weighted by Crippen LogP contribution is 2.27. The van der Waals surface area contributed by atoms with Crippen LogP contribution < -0.4 is 10.3 Å². The first kappa shape index (κ1) is 22.4. The molecule has 0 radical (unpaired) electrons. The molecule has 2 aromatic carbocycles. The largest absolute Gasteiger partial charge is 0.437 e. The van der Waals surface area contributed by atoms with Crippen molar-refractivity contribution >= 4 is 22.6 Å². The van der Waals surface area contributed by atoms with Crippen molar-refractivity contribution in [3.63, 3.8) is 0 Å². The number of H-pyrrole nitrogens is 1. The van der Waals surface area contributed by atoms with Gasteiger partial charge in [0.25, 0.3) is 11.5 Å². The van der Waals surface area contributed by atoms with Crippen molar-refractivity contribution in [1.82, 2.24) is 20.0 Å². The van der Waals surface area contributed by atoms with Crippen LogP contribution >= 0.6 is 0 Å². The molecule has 2 amide bonds. The van der Waals surface area contributed by atoms with Gasteiger partial charge < -0.3 is 14.5 Å². The Morgan fingerprint density at radius 2 is 1.64 bits per heavy atom. The summed E-state index contributed by atoms with van der Waals surface area (Å²) in [5, 5.41) is 7.23. The van der Waals surface area contributed by atoms with Crippen LogP contribution in [0, 0.1) is 11.2 Å². The molecule has 1 saturated heterocycles. The normalized spacial score (nSPS) is 14.4. The Bertz CT molecular complexity index is 1270. The summed E-state index contributed by atoms with van der Waals surface area (Å²) in [6, 6.07) is 10.7. The van der Waals surface area contributed by atoms with Gasteiger partial charge in [-0.3, -0.25) is 14.4 Å². The molecule has 2 heterocycles. The standard InChI is InChI=1S/C24H25FN4O4/c1-24(2,3)23(32)29-12-10-28(11-13-29)22(31)18-14-15(8-9-19(18)25)33-21-17-7-5-4-6-16(17)20(30)26-27-21/h4-9,14H,10-13H2,1-3H3,(H,26,30). The van der Waals surface area contributed by atoms with Gasteiger partial charge in [0.05, 0.1) is 16.3 Å². The molecule has 0 unspecified atom stereocenters. The fourth-order valence-corrected chi connectivity index (χ4v) is 3.77. The van der Waals surface area contributed by atoms with Crippen LogP contribution in [0.5, 0.6) is 11.6 Å². The van der Waals surface area contributed by atoms with Gasteiger partial charge in [0, 0.05) is 31.6 Å². The molecule has 0 spiro atoms. The van der Waals surface area contributed by atoms with Crippen molar-refractivity contribution in [2.45, 2.75) is 20.8 Å². The van der Waals surface area contributed by atoms with Crippen molar-refractivity contribution < 1.29 is 18.7 Å². The highest BCUT2D eigenvalue weighted by molar-refractivity contribution is 5.95. The topological polar surface area (TPSA) is 95.6 Å². The Balaban J connectivity index is 1.53. The molecule has 172 valence electrons. The van der Waals surface area contributed by atoms with E-state index in [0.29, 0.717) is 37.0 Å². The molecule has 0 aliphatic carbocycles. The number of rotatable bonds is 3. The maximum absolute atomic E-state index is 14.6. The molecular formula is C24H25FN4O4. The zero-order valence-electron chi connectivity index (χ0n) is 18.7. The zero-order valence-corrected chi connectivity index (χ0v) is 18.7. The summed E-state index contributed by atoms with van der Waals surface area (Å²) < 4.78 is 20.3. The lowest BCUT2D eigenvalue weighted by atomic mass is 9.94. The van der Waals surface area contributed by atoms with E-state index in [9.17, 15) is 18.8 Å². The van der Waals surface area contributed by atoms with Crippen LogP contribution in [0.4, 0.5) is 4.39 Å². The van der Waals surface area contributed by atoms with Gasteiger partial charge in [0.15, 0.2) is 0 Å². The zero-order chi connectivity index (χ0) is 23.8. The third kappa shape index (κ3) is 4.57. The minimum absolute atomic E-state index is 0.0248. The smallest absolute Gasteiger partial charge is 0.272 e. The van der Waals surface area contributed by atoms with Crippen molar-refractivity contribution in [3.05, 3.63) is 64.2 Å². The van der Waals surface area contributed by atoms with Crippen molar-refractivity contribution in [2.75, 3.05) is 26.2 Å². The number of nitrogens with zero attached hydrogens (tertiary/aromatic N) is 3. The summed E-state index contributed by atoms with van der Waals surface area (Å²) >= 11 is 0. The van der Waals surface area contributed by atoms with E-state index in [4.69, 9.17) is 4.74 Å². The lowest BCUT2D eigenvalue weighted by Gasteiger charge is -2.37. The van der Waals surface area contributed by atoms with Gasteiger partial charge in [-0.25, -0.2) is 9.49 Å². The van der Waals surface area contributed by atoms with Gasteiger partial charge in [-0.05, 0) is 30.3 Å². The lowest BCUT2D eigenvalue weighted by Crippen LogP contribution is -2.53. The van der Waals surface area contributed by atoms with E-state index in [1.165, 1.54) is 17.0 Å². The summed E-state index contributed by atoms with van der Waals surface area (Å²) in [7, 11) is 0. The van der Waals surface area contributed by atoms with Crippen LogP contribution in [0.25, 0.3) is 10.8 Å². The molecule has 4 rings (SSSR count). The summed E-state index contributed by atoms with van der Waals surface area (Å²) in [5.41, 5.74) is -0.974. The van der Waals surface area contributed by atoms with E-state index >= 15 is 0 Å². The average molecular weight is 452 g/mol. The monoisotopic (exact) mass is 452 g/mol. The van der Waals surface area contributed by atoms with Crippen LogP contribution in [0.1, 0.15) is 31.1 Å². The molecule has 3 aromatic rings. The molecule has 0 saturated carbocycles. The second kappa shape index (κ2) is 8.65. The summed E-state index contributed by atoms with van der Waals surface area (Å²) in [6.07, 6.45) is 0. The van der Waals surface area contributed by atoms with Crippen LogP contribution in [0.15, 0.2) is 47.3 Å². The number of carbonyl (C=O) groups is 2. The molecule has 1 N–H and O–H groups in total. The van der Waals surface area contributed by atoms with Gasteiger partial charge in [0.2, 0.25) is 11.8 Å². The fraction of sp³-hybridized carbons (Fsp3) is 0.333. The van der Waals surface area contributed by atoms with E-state index in [1.54, 1.807) is 29.2 Å². The molecule has 9 heteroatoms. The number of amides is 2. The van der Waals surface area contributed by atoms with Gasteiger partial charge in [-0.15, -0.1) is 5.10 Å². The molecule has 33 heavy (non-hydrogen) atoms. The van der Waals surface area contributed by atoms with E-state index < -0.39 is 17.1 Å². The number of hydrogen-bond acceptors (Lipinski definition) is 5. The Hall–Kier alpha value is -3.75. The molecule has 8 nitrogen and oxygen atoms in total. The molecule has 1 aliphatic heterocycles.